The van der Waals surface area contributed by atoms with Gasteiger partial charge in [-0.2, -0.15) is 0 Å². The largest absolute Gasteiger partial charge is 0.454 e. The van der Waals surface area contributed by atoms with E-state index in [0.29, 0.717) is 0 Å². The van der Waals surface area contributed by atoms with Gasteiger partial charge in [-0.1, -0.05) is 163 Å². The van der Waals surface area contributed by atoms with Crippen LogP contribution < -0.4 is 9.80 Å². The monoisotopic (exact) mass is 1040 g/mol. The maximum atomic E-state index is 7.00. The Morgan fingerprint density at radius 1 is 0.321 bits per heavy atom. The van der Waals surface area contributed by atoms with E-state index in [4.69, 9.17) is 8.83 Å². The van der Waals surface area contributed by atoms with Gasteiger partial charge in [-0.3, -0.25) is 0 Å². The Kier molecular flexibility index (Phi) is 10.2. The van der Waals surface area contributed by atoms with Gasteiger partial charge in [0.05, 0.1) is 20.8 Å². The van der Waals surface area contributed by atoms with Crippen LogP contribution in [0.2, 0.25) is 0 Å². The summed E-state index contributed by atoms with van der Waals surface area (Å²) >= 11 is 3.83. The summed E-state index contributed by atoms with van der Waals surface area (Å²) in [5.41, 5.74) is 14.8. The normalized spacial score (nSPS) is 12.6. The summed E-state index contributed by atoms with van der Waals surface area (Å²) in [6.45, 7) is 17.9. The molecule has 0 unspecified atom stereocenters. The first-order valence-electron chi connectivity index (χ1n) is 27.1. The summed E-state index contributed by atoms with van der Waals surface area (Å²) < 4.78 is 19.3. The van der Waals surface area contributed by atoms with Crippen LogP contribution in [0.3, 0.4) is 0 Å². The third kappa shape index (κ3) is 7.16. The standard InChI is InChI=1S/C72H56N2O2S2/c1-41-17-9-11-25-59(41)73(61-27-15-21-51-49-19-13-23-57(71(3,4)5)65(49)75-67(51)61)47-31-29-43-37-55-53-33-34-54-56-38-44-30-32-48(36-46(44)40-64(56)78-70(54)69(53)77-63(55)39-45(43)35-47)74(60-26-12-10-18-42(60)2)62-28-16-22-52-50-20-14-24-58(72(6,7)8)66(50)76-68(52)62/h9-40H,1-8H3. The van der Waals surface area contributed by atoms with E-state index in [-0.39, 0.29) is 10.8 Å². The predicted molar refractivity (Wildman–Crippen MR) is 338 cm³/mol. The van der Waals surface area contributed by atoms with Crippen molar-refractivity contribution in [3.63, 3.8) is 0 Å². The van der Waals surface area contributed by atoms with E-state index < -0.39 is 0 Å². The lowest BCUT2D eigenvalue weighted by Crippen LogP contribution is -2.11. The van der Waals surface area contributed by atoms with Crippen molar-refractivity contribution < 1.29 is 8.83 Å². The highest BCUT2D eigenvalue weighted by molar-refractivity contribution is 7.33. The summed E-state index contributed by atoms with van der Waals surface area (Å²) in [4.78, 5) is 4.78. The molecule has 4 nitrogen and oxygen atoms in total. The van der Waals surface area contributed by atoms with Crippen molar-refractivity contribution in [1.82, 2.24) is 0 Å². The zero-order valence-corrected chi connectivity index (χ0v) is 46.6. The SMILES string of the molecule is Cc1ccccc1N(c1ccc2cc3c(cc2c1)sc1c3ccc2c3cc4ccc(N(c5ccccc5C)c5cccc6c5oc5c(C(C)(C)C)cccc56)cc4cc3sc21)c1cccc2c1oc1c(C(C)(C)C)cccc12. The van der Waals surface area contributed by atoms with Gasteiger partial charge in [-0.05, 0) is 130 Å². The van der Waals surface area contributed by atoms with Gasteiger partial charge in [-0.15, -0.1) is 22.7 Å². The number of aryl methyl sites for hydroxylation is 2. The van der Waals surface area contributed by atoms with Crippen LogP contribution in [0.5, 0.6) is 0 Å². The zero-order chi connectivity index (χ0) is 52.9. The van der Waals surface area contributed by atoms with E-state index in [9.17, 15) is 0 Å². The highest BCUT2D eigenvalue weighted by Gasteiger charge is 2.27. The Labute approximate surface area is 461 Å². The molecular weight excluding hydrogens is 989 g/mol. The zero-order valence-electron chi connectivity index (χ0n) is 45.0. The van der Waals surface area contributed by atoms with Crippen LogP contribution in [0.25, 0.3) is 106 Å². The van der Waals surface area contributed by atoms with Crippen LogP contribution in [0.4, 0.5) is 34.1 Å². The Morgan fingerprint density at radius 2 is 0.705 bits per heavy atom. The van der Waals surface area contributed by atoms with Crippen molar-refractivity contribution in [3.8, 4) is 0 Å². The number of rotatable bonds is 6. The van der Waals surface area contributed by atoms with E-state index >= 15 is 0 Å². The molecule has 15 rings (SSSR count). The van der Waals surface area contributed by atoms with Crippen molar-refractivity contribution in [1.29, 1.82) is 0 Å². The average Bonchev–Trinajstić information content (AvgIpc) is 4.42. The van der Waals surface area contributed by atoms with Gasteiger partial charge in [0.1, 0.15) is 11.2 Å². The smallest absolute Gasteiger partial charge is 0.159 e. The number of anilines is 6. The summed E-state index contributed by atoms with van der Waals surface area (Å²) in [5, 5.41) is 14.6. The number of thiophene rings is 2. The molecule has 78 heavy (non-hydrogen) atoms. The van der Waals surface area contributed by atoms with Gasteiger partial charge in [0.25, 0.3) is 0 Å². The minimum atomic E-state index is -0.0698. The molecule has 0 spiro atoms. The molecule has 11 aromatic carbocycles. The Hall–Kier alpha value is -8.42. The molecule has 4 heterocycles. The molecule has 0 radical (unpaired) electrons. The first-order valence-corrected chi connectivity index (χ1v) is 28.7. The minimum Gasteiger partial charge on any atom is -0.454 e. The van der Waals surface area contributed by atoms with Crippen LogP contribution in [-0.4, -0.2) is 0 Å². The Morgan fingerprint density at radius 3 is 1.12 bits per heavy atom. The van der Waals surface area contributed by atoms with Crippen molar-refractivity contribution >= 4 is 163 Å². The fourth-order valence-electron chi connectivity index (χ4n) is 12.4. The van der Waals surface area contributed by atoms with Gasteiger partial charge in [0, 0.05) is 86.4 Å². The number of hydrogen-bond donors (Lipinski definition) is 0. The molecule has 0 aliphatic rings. The average molecular weight is 1050 g/mol. The second-order valence-corrected chi connectivity index (χ2v) is 25.5. The summed E-state index contributed by atoms with van der Waals surface area (Å²) in [7, 11) is 0. The van der Waals surface area contributed by atoms with Crippen molar-refractivity contribution in [3.05, 3.63) is 216 Å². The quantitative estimate of drug-likeness (QED) is 0.166. The molecule has 0 N–H and O–H groups in total. The third-order valence-electron chi connectivity index (χ3n) is 16.3. The fourth-order valence-corrected chi connectivity index (χ4v) is 15.0. The van der Waals surface area contributed by atoms with E-state index in [1.165, 1.54) is 84.1 Å². The molecule has 4 aromatic heterocycles. The highest BCUT2D eigenvalue weighted by Crippen LogP contribution is 2.50. The number of fused-ring (bicyclic) bond motifs is 15. The van der Waals surface area contributed by atoms with Crippen LogP contribution >= 0.6 is 22.7 Å². The Bertz CT molecular complexity index is 4680. The summed E-state index contributed by atoms with van der Waals surface area (Å²) in [6, 6.07) is 71.9. The lowest BCUT2D eigenvalue weighted by molar-refractivity contribution is 0.572. The summed E-state index contributed by atoms with van der Waals surface area (Å²) in [5.74, 6) is 0. The molecule has 0 saturated heterocycles. The maximum absolute atomic E-state index is 7.00. The van der Waals surface area contributed by atoms with Crippen LogP contribution in [-0.2, 0) is 10.8 Å². The molecule has 0 fully saturated rings. The summed E-state index contributed by atoms with van der Waals surface area (Å²) in [6.07, 6.45) is 0. The van der Waals surface area contributed by atoms with E-state index in [1.54, 1.807) is 0 Å². The van der Waals surface area contributed by atoms with Crippen molar-refractivity contribution in [2.45, 2.75) is 66.2 Å². The van der Waals surface area contributed by atoms with Crippen molar-refractivity contribution in [2.24, 2.45) is 0 Å². The molecule has 0 saturated carbocycles. The van der Waals surface area contributed by atoms with Crippen LogP contribution in [0.15, 0.2) is 203 Å². The van der Waals surface area contributed by atoms with E-state index in [1.807, 2.05) is 22.7 Å². The molecule has 15 aromatic rings. The van der Waals surface area contributed by atoms with E-state index in [0.717, 1.165) is 78.0 Å². The van der Waals surface area contributed by atoms with Crippen LogP contribution in [0.1, 0.15) is 63.8 Å². The fraction of sp³-hybridized carbons (Fsp3) is 0.139. The second-order valence-electron chi connectivity index (χ2n) is 23.4. The molecule has 0 atom stereocenters. The number of benzene rings is 11. The van der Waals surface area contributed by atoms with Gasteiger partial charge >= 0.3 is 0 Å². The molecule has 6 heteroatoms. The number of hydrogen-bond acceptors (Lipinski definition) is 6. The maximum Gasteiger partial charge on any atom is 0.159 e. The minimum absolute atomic E-state index is 0.0698. The number of furan rings is 2. The number of para-hydroxylation sites is 6. The molecule has 378 valence electrons. The molecule has 0 aliphatic heterocycles. The number of nitrogens with zero attached hydrogens (tertiary/aromatic N) is 2. The van der Waals surface area contributed by atoms with Gasteiger partial charge in [0.15, 0.2) is 11.2 Å². The highest BCUT2D eigenvalue weighted by atomic mass is 32.1. The van der Waals surface area contributed by atoms with E-state index in [2.05, 4.69) is 259 Å². The van der Waals surface area contributed by atoms with Gasteiger partial charge in [-0.25, -0.2) is 0 Å². The first kappa shape index (κ1) is 46.8. The van der Waals surface area contributed by atoms with Crippen LogP contribution in [0, 0.1) is 13.8 Å². The Balaban J connectivity index is 0.855. The van der Waals surface area contributed by atoms with Gasteiger partial charge < -0.3 is 18.6 Å². The second kappa shape index (κ2) is 17.0. The topological polar surface area (TPSA) is 32.8 Å². The molecule has 0 amide bonds. The molecular formula is C72H56N2O2S2. The lowest BCUT2D eigenvalue weighted by atomic mass is 9.86. The predicted octanol–water partition coefficient (Wildman–Crippen LogP) is 22.7. The molecule has 0 bridgehead atoms. The third-order valence-corrected chi connectivity index (χ3v) is 18.8. The van der Waals surface area contributed by atoms with Gasteiger partial charge in [0.2, 0.25) is 0 Å². The van der Waals surface area contributed by atoms with Crippen molar-refractivity contribution in [2.75, 3.05) is 9.80 Å². The molecule has 0 aliphatic carbocycles. The first-order chi connectivity index (χ1) is 37.7. The lowest BCUT2D eigenvalue weighted by Gasteiger charge is -2.27.